The molecule has 8 nitrogen and oxygen atoms in total. The third kappa shape index (κ3) is 4.35. The van der Waals surface area contributed by atoms with E-state index in [2.05, 4.69) is 15.4 Å². The van der Waals surface area contributed by atoms with Crippen LogP contribution in [0.4, 0.5) is 18.9 Å². The molecule has 152 valence electrons. The van der Waals surface area contributed by atoms with Gasteiger partial charge in [-0.1, -0.05) is 0 Å². The molecule has 0 radical (unpaired) electrons. The summed E-state index contributed by atoms with van der Waals surface area (Å²) < 4.78 is 37.1. The van der Waals surface area contributed by atoms with E-state index in [4.69, 9.17) is 5.73 Å². The zero-order valence-electron chi connectivity index (χ0n) is 15.1. The standard InChI is InChI=1S/C17H21F3N6O2/c1-9-2-3-10(16(28)24-8-17(18,19)20)7-26(9)25-13-11-4-5-22-15(11)23-6-12(13)14(21)27/h4-6,9-10H,2-3,7-8H2,1H3,(H2,21,27)(H,24,28)(H2,22,23,25)/t9-,10-/m1/s1. The average Bonchev–Trinajstić information content (AvgIpc) is 3.10. The van der Waals surface area contributed by atoms with Gasteiger partial charge < -0.3 is 21.5 Å². The van der Waals surface area contributed by atoms with Gasteiger partial charge in [0.05, 0.1) is 17.2 Å². The third-order valence-corrected chi connectivity index (χ3v) is 4.82. The molecule has 11 heteroatoms. The molecule has 0 aromatic carbocycles. The van der Waals surface area contributed by atoms with Crippen molar-refractivity contribution in [2.75, 3.05) is 18.5 Å². The topological polar surface area (TPSA) is 116 Å². The number of amides is 2. The number of fused-ring (bicyclic) bond motifs is 1. The van der Waals surface area contributed by atoms with Crippen LogP contribution in [-0.4, -0.2) is 52.1 Å². The third-order valence-electron chi connectivity index (χ3n) is 4.82. The summed E-state index contributed by atoms with van der Waals surface area (Å²) in [6.45, 7) is 0.763. The van der Waals surface area contributed by atoms with Crippen LogP contribution in [0.25, 0.3) is 11.0 Å². The number of halogens is 3. The minimum absolute atomic E-state index is 0.00505. The summed E-state index contributed by atoms with van der Waals surface area (Å²) in [5.74, 6) is -1.92. The van der Waals surface area contributed by atoms with E-state index in [1.54, 1.807) is 17.3 Å². The second-order valence-corrected chi connectivity index (χ2v) is 6.87. The number of aromatic amines is 1. The number of carbonyl (C=O) groups excluding carboxylic acids is 2. The van der Waals surface area contributed by atoms with Crippen LogP contribution in [0.2, 0.25) is 0 Å². The predicted octanol–water partition coefficient (Wildman–Crippen LogP) is 1.77. The molecule has 0 unspecified atom stereocenters. The fourth-order valence-corrected chi connectivity index (χ4v) is 3.27. The van der Waals surface area contributed by atoms with E-state index in [0.29, 0.717) is 29.6 Å². The minimum atomic E-state index is -4.46. The number of anilines is 1. The number of H-pyrrole nitrogens is 1. The van der Waals surface area contributed by atoms with Crippen LogP contribution in [0.15, 0.2) is 18.5 Å². The van der Waals surface area contributed by atoms with Crippen molar-refractivity contribution in [3.05, 3.63) is 24.0 Å². The molecule has 0 bridgehead atoms. The first-order valence-corrected chi connectivity index (χ1v) is 8.79. The number of rotatable bonds is 5. The monoisotopic (exact) mass is 398 g/mol. The normalized spacial score (nSPS) is 20.9. The molecule has 5 N–H and O–H groups in total. The van der Waals surface area contributed by atoms with Gasteiger partial charge in [0, 0.05) is 30.4 Å². The highest BCUT2D eigenvalue weighted by molar-refractivity contribution is 6.05. The zero-order chi connectivity index (χ0) is 20.5. The van der Waals surface area contributed by atoms with Crippen molar-refractivity contribution in [1.29, 1.82) is 0 Å². The lowest BCUT2D eigenvalue weighted by Crippen LogP contribution is -2.50. The first-order valence-electron chi connectivity index (χ1n) is 8.79. The van der Waals surface area contributed by atoms with Crippen molar-refractivity contribution < 1.29 is 22.8 Å². The summed E-state index contributed by atoms with van der Waals surface area (Å²) >= 11 is 0. The Labute approximate surface area is 158 Å². The largest absolute Gasteiger partial charge is 0.405 e. The number of carbonyl (C=O) groups is 2. The van der Waals surface area contributed by atoms with Gasteiger partial charge in [-0.25, -0.2) is 9.99 Å². The number of nitrogens with one attached hydrogen (secondary N) is 3. The molecule has 2 atom stereocenters. The van der Waals surface area contributed by atoms with Crippen molar-refractivity contribution in [3.8, 4) is 0 Å². The van der Waals surface area contributed by atoms with E-state index < -0.39 is 30.5 Å². The van der Waals surface area contributed by atoms with Gasteiger partial charge in [-0.3, -0.25) is 9.59 Å². The Hall–Kier alpha value is -2.82. The smallest absolute Gasteiger partial charge is 0.365 e. The molecule has 1 aliphatic heterocycles. The van der Waals surface area contributed by atoms with Crippen molar-refractivity contribution in [3.63, 3.8) is 0 Å². The molecule has 28 heavy (non-hydrogen) atoms. The van der Waals surface area contributed by atoms with Crippen LogP contribution >= 0.6 is 0 Å². The predicted molar refractivity (Wildman–Crippen MR) is 96.2 cm³/mol. The highest BCUT2D eigenvalue weighted by Gasteiger charge is 2.34. The van der Waals surface area contributed by atoms with Crippen molar-refractivity contribution >= 4 is 28.5 Å². The van der Waals surface area contributed by atoms with Crippen molar-refractivity contribution in [2.24, 2.45) is 11.7 Å². The number of hydrogen-bond donors (Lipinski definition) is 4. The van der Waals surface area contributed by atoms with Crippen LogP contribution in [0.5, 0.6) is 0 Å². The molecule has 1 aliphatic rings. The van der Waals surface area contributed by atoms with Gasteiger partial charge in [0.1, 0.15) is 12.2 Å². The number of aromatic nitrogens is 2. The van der Waals surface area contributed by atoms with Crippen molar-refractivity contribution in [2.45, 2.75) is 32.0 Å². The van der Waals surface area contributed by atoms with Crippen LogP contribution < -0.4 is 16.5 Å². The summed E-state index contributed by atoms with van der Waals surface area (Å²) in [7, 11) is 0. The van der Waals surface area contributed by atoms with E-state index >= 15 is 0 Å². The molecule has 0 spiro atoms. The molecule has 2 amide bonds. The quantitative estimate of drug-likeness (QED) is 0.613. The lowest BCUT2D eigenvalue weighted by atomic mass is 9.94. The van der Waals surface area contributed by atoms with Crippen LogP contribution in [0, 0.1) is 5.92 Å². The molecule has 0 aliphatic carbocycles. The fourth-order valence-electron chi connectivity index (χ4n) is 3.27. The van der Waals surface area contributed by atoms with Gasteiger partial charge in [-0.2, -0.15) is 13.2 Å². The van der Waals surface area contributed by atoms with Gasteiger partial charge in [-0.05, 0) is 25.8 Å². The number of nitrogens with zero attached hydrogens (tertiary/aromatic N) is 2. The summed E-state index contributed by atoms with van der Waals surface area (Å²) in [5.41, 5.74) is 9.77. The Morgan fingerprint density at radius 1 is 1.39 bits per heavy atom. The zero-order valence-corrected chi connectivity index (χ0v) is 15.1. The highest BCUT2D eigenvalue weighted by atomic mass is 19.4. The van der Waals surface area contributed by atoms with Crippen LogP contribution in [-0.2, 0) is 4.79 Å². The Morgan fingerprint density at radius 2 is 2.14 bits per heavy atom. The number of primary amides is 1. The molecule has 1 fully saturated rings. The second kappa shape index (κ2) is 7.66. The van der Waals surface area contributed by atoms with Gasteiger partial charge >= 0.3 is 6.18 Å². The number of alkyl halides is 3. The van der Waals surface area contributed by atoms with Gasteiger partial charge in [0.2, 0.25) is 5.91 Å². The maximum absolute atomic E-state index is 12.4. The average molecular weight is 398 g/mol. The van der Waals surface area contributed by atoms with Gasteiger partial charge in [-0.15, -0.1) is 0 Å². The van der Waals surface area contributed by atoms with Crippen molar-refractivity contribution in [1.82, 2.24) is 20.3 Å². The molecule has 1 saturated heterocycles. The number of nitrogens with two attached hydrogens (primary N) is 1. The summed E-state index contributed by atoms with van der Waals surface area (Å²) in [4.78, 5) is 31.0. The molecule has 3 heterocycles. The molecular weight excluding hydrogens is 377 g/mol. The van der Waals surface area contributed by atoms with E-state index in [-0.39, 0.29) is 18.2 Å². The number of piperidine rings is 1. The molecule has 2 aromatic heterocycles. The Morgan fingerprint density at radius 3 is 2.82 bits per heavy atom. The second-order valence-electron chi connectivity index (χ2n) is 6.87. The Bertz CT molecular complexity index is 881. The fraction of sp³-hybridized carbons (Fsp3) is 0.471. The summed E-state index contributed by atoms with van der Waals surface area (Å²) in [5, 5.41) is 4.33. The number of hydrazine groups is 1. The lowest BCUT2D eigenvalue weighted by Gasteiger charge is -2.38. The SMILES string of the molecule is C[C@@H]1CC[C@@H](C(=O)NCC(F)(F)F)CN1Nc1c(C(N)=O)cnc2[nH]ccc12. The van der Waals surface area contributed by atoms with E-state index in [1.807, 2.05) is 12.2 Å². The number of hydrogen-bond acceptors (Lipinski definition) is 5. The van der Waals surface area contributed by atoms with E-state index in [0.717, 1.165) is 0 Å². The van der Waals surface area contributed by atoms with Gasteiger partial charge in [0.15, 0.2) is 0 Å². The highest BCUT2D eigenvalue weighted by Crippen LogP contribution is 2.29. The van der Waals surface area contributed by atoms with E-state index in [9.17, 15) is 22.8 Å². The molecule has 3 rings (SSSR count). The van der Waals surface area contributed by atoms with E-state index in [1.165, 1.54) is 6.20 Å². The maximum atomic E-state index is 12.4. The number of pyridine rings is 1. The Kier molecular flexibility index (Phi) is 5.45. The first kappa shape index (κ1) is 19.9. The minimum Gasteiger partial charge on any atom is -0.365 e. The molecule has 0 saturated carbocycles. The molecular formula is C17H21F3N6O2. The molecule has 2 aromatic rings. The lowest BCUT2D eigenvalue weighted by molar-refractivity contribution is -0.142. The maximum Gasteiger partial charge on any atom is 0.405 e. The first-order chi connectivity index (χ1) is 13.2. The van der Waals surface area contributed by atoms with Crippen LogP contribution in [0.3, 0.4) is 0 Å². The van der Waals surface area contributed by atoms with Gasteiger partial charge in [0.25, 0.3) is 5.91 Å². The summed E-state index contributed by atoms with van der Waals surface area (Å²) in [6, 6.07) is 1.73. The van der Waals surface area contributed by atoms with Crippen LogP contribution in [0.1, 0.15) is 30.1 Å². The summed E-state index contributed by atoms with van der Waals surface area (Å²) in [6.07, 6.45) is -0.360. The Balaban J connectivity index is 1.79.